The smallest absolute Gasteiger partial charge is 0.229 e. The first-order valence-electron chi connectivity index (χ1n) is 14.0. The number of fused-ring (bicyclic) bond motifs is 1. The third kappa shape index (κ3) is 5.91. The predicted molar refractivity (Wildman–Crippen MR) is 155 cm³/mol. The van der Waals surface area contributed by atoms with Crippen molar-refractivity contribution >= 4 is 22.9 Å². The zero-order valence-corrected chi connectivity index (χ0v) is 23.9. The highest BCUT2D eigenvalue weighted by Crippen LogP contribution is 2.28. The van der Waals surface area contributed by atoms with Crippen molar-refractivity contribution in [2.75, 3.05) is 23.3 Å². The van der Waals surface area contributed by atoms with E-state index in [1.165, 1.54) is 0 Å². The van der Waals surface area contributed by atoms with Crippen molar-refractivity contribution in [1.82, 2.24) is 34.6 Å². The van der Waals surface area contributed by atoms with Gasteiger partial charge in [0.1, 0.15) is 5.60 Å². The number of aliphatic hydroxyl groups is 1. The molecule has 0 atom stereocenters. The summed E-state index contributed by atoms with van der Waals surface area (Å²) < 4.78 is 3.92. The Morgan fingerprint density at radius 3 is 2.46 bits per heavy atom. The number of nitrogens with zero attached hydrogens (tertiary/aromatic N) is 7. The maximum atomic E-state index is 10.4. The highest BCUT2D eigenvalue weighted by molar-refractivity contribution is 5.84. The largest absolute Gasteiger partial charge is 0.384 e. The molecule has 0 unspecified atom stereocenters. The molecule has 3 N–H and O–H groups in total. The second-order valence-corrected chi connectivity index (χ2v) is 11.6. The van der Waals surface area contributed by atoms with Gasteiger partial charge in [0, 0.05) is 44.0 Å². The lowest BCUT2D eigenvalue weighted by molar-refractivity contribution is 0.0734. The molecule has 10 nitrogen and oxygen atoms in total. The van der Waals surface area contributed by atoms with E-state index in [0.29, 0.717) is 24.3 Å². The van der Waals surface area contributed by atoms with Gasteiger partial charge in [0.05, 0.1) is 17.7 Å². The van der Waals surface area contributed by atoms with Crippen molar-refractivity contribution < 1.29 is 5.11 Å². The fraction of sp³-hybridized carbons (Fsp3) is 0.517. The molecule has 4 heterocycles. The summed E-state index contributed by atoms with van der Waals surface area (Å²) >= 11 is 0. The minimum absolute atomic E-state index is 0.233. The molecule has 39 heavy (non-hydrogen) atoms. The van der Waals surface area contributed by atoms with Crippen LogP contribution >= 0.6 is 0 Å². The molecule has 208 valence electrons. The summed E-state index contributed by atoms with van der Waals surface area (Å²) in [6.07, 6.45) is 5.87. The van der Waals surface area contributed by atoms with Crippen LogP contribution in [0.25, 0.3) is 16.9 Å². The Morgan fingerprint density at radius 2 is 1.79 bits per heavy atom. The second-order valence-electron chi connectivity index (χ2n) is 11.6. The number of hydrogen-bond donors (Lipinski definition) is 3. The number of rotatable bonds is 9. The Morgan fingerprint density at radius 1 is 1.05 bits per heavy atom. The molecule has 4 aromatic rings. The lowest BCUT2D eigenvalue weighted by atomic mass is 10.0. The highest BCUT2D eigenvalue weighted by atomic mass is 16.3. The molecular weight excluding hydrogens is 490 g/mol. The van der Waals surface area contributed by atoms with Crippen LogP contribution in [0, 0.1) is 0 Å². The number of hydrogen-bond acceptors (Lipinski definition) is 8. The van der Waals surface area contributed by atoms with Gasteiger partial charge in [-0.3, -0.25) is 0 Å². The van der Waals surface area contributed by atoms with Crippen molar-refractivity contribution in [2.24, 2.45) is 0 Å². The van der Waals surface area contributed by atoms with Crippen molar-refractivity contribution in [3.8, 4) is 5.69 Å². The van der Waals surface area contributed by atoms with E-state index in [1.54, 1.807) is 13.8 Å². The predicted octanol–water partition coefficient (Wildman–Crippen LogP) is 4.40. The Bertz CT molecular complexity index is 1410. The van der Waals surface area contributed by atoms with Crippen molar-refractivity contribution in [3.63, 3.8) is 0 Å². The summed E-state index contributed by atoms with van der Waals surface area (Å²) in [4.78, 5) is 17.0. The molecule has 0 aliphatic carbocycles. The van der Waals surface area contributed by atoms with Gasteiger partial charge in [-0.25, -0.2) is 9.67 Å². The van der Waals surface area contributed by atoms with E-state index in [2.05, 4.69) is 59.0 Å². The van der Waals surface area contributed by atoms with Crippen molar-refractivity contribution in [1.29, 1.82) is 0 Å². The maximum Gasteiger partial charge on any atom is 0.229 e. The van der Waals surface area contributed by atoms with E-state index in [4.69, 9.17) is 15.0 Å². The Labute approximate surface area is 230 Å². The monoisotopic (exact) mass is 531 g/mol. The van der Waals surface area contributed by atoms with Gasteiger partial charge in [-0.05, 0) is 58.2 Å². The van der Waals surface area contributed by atoms with Gasteiger partial charge in [-0.15, -0.1) is 0 Å². The number of benzene rings is 1. The number of imidazole rings is 1. The molecule has 1 aliphatic rings. The number of nitrogens with one attached hydrogen (secondary N) is 2. The van der Waals surface area contributed by atoms with E-state index in [0.717, 1.165) is 60.1 Å². The van der Waals surface area contributed by atoms with Gasteiger partial charge in [-0.1, -0.05) is 32.0 Å². The van der Waals surface area contributed by atoms with Gasteiger partial charge in [-0.2, -0.15) is 15.1 Å². The zero-order chi connectivity index (χ0) is 27.7. The lowest BCUT2D eigenvalue weighted by Gasteiger charge is -2.33. The first-order valence-corrected chi connectivity index (χ1v) is 14.0. The van der Waals surface area contributed by atoms with E-state index in [1.807, 2.05) is 41.5 Å². The minimum atomic E-state index is -1.00. The van der Waals surface area contributed by atoms with Gasteiger partial charge >= 0.3 is 0 Å². The Balaban J connectivity index is 1.43. The topological polar surface area (TPSA) is 109 Å². The highest BCUT2D eigenvalue weighted by Gasteiger charge is 2.24. The van der Waals surface area contributed by atoms with E-state index in [-0.39, 0.29) is 6.04 Å². The van der Waals surface area contributed by atoms with Gasteiger partial charge < -0.3 is 25.2 Å². The number of piperidine rings is 1. The van der Waals surface area contributed by atoms with E-state index in [9.17, 15) is 5.11 Å². The van der Waals surface area contributed by atoms with Crippen molar-refractivity contribution in [3.05, 3.63) is 54.1 Å². The van der Waals surface area contributed by atoms with Gasteiger partial charge in [0.25, 0.3) is 0 Å². The minimum Gasteiger partial charge on any atom is -0.384 e. The third-order valence-corrected chi connectivity index (χ3v) is 7.21. The summed E-state index contributed by atoms with van der Waals surface area (Å²) in [6, 6.07) is 11.2. The Kier molecular flexibility index (Phi) is 7.59. The molecule has 1 aliphatic heterocycles. The molecule has 0 bridgehead atoms. The standard InChI is InChI=1S/C29H41N9O/c1-19(2)32-22-11-14-36(15-12-22)28-33-26(25-27(34-28)37(18-31-25)20(3)4)30-17-21-9-7-8-10-23(21)38-16-13-24(35-38)29(5,6)39/h7-10,13,16,18-20,22,32,39H,11-12,14-15,17H2,1-6H3,(H,30,33,34). The first-order chi connectivity index (χ1) is 18.6. The third-order valence-electron chi connectivity index (χ3n) is 7.21. The Hall–Kier alpha value is -3.50. The number of aromatic nitrogens is 6. The molecule has 1 fully saturated rings. The second kappa shape index (κ2) is 10.9. The zero-order valence-electron chi connectivity index (χ0n) is 23.9. The SMILES string of the molecule is CC(C)NC1CCN(c2nc(NCc3ccccc3-n3ccc(C(C)(C)O)n3)c3ncn(C(C)C)c3n2)CC1. The molecule has 0 radical (unpaired) electrons. The van der Waals surface area contributed by atoms with E-state index >= 15 is 0 Å². The first kappa shape index (κ1) is 27.1. The van der Waals surface area contributed by atoms with Gasteiger partial charge in [0.15, 0.2) is 17.0 Å². The number of para-hydroxylation sites is 1. The van der Waals surface area contributed by atoms with Crippen LogP contribution in [0.2, 0.25) is 0 Å². The van der Waals surface area contributed by atoms with Crippen LogP contribution in [0.5, 0.6) is 0 Å². The molecule has 10 heteroatoms. The fourth-order valence-corrected chi connectivity index (χ4v) is 5.11. The van der Waals surface area contributed by atoms with Gasteiger partial charge in [0.2, 0.25) is 5.95 Å². The van der Waals surface area contributed by atoms with Crippen LogP contribution in [0.1, 0.15) is 71.7 Å². The molecular formula is C29H41N9O. The summed E-state index contributed by atoms with van der Waals surface area (Å²) in [5.74, 6) is 1.47. The van der Waals surface area contributed by atoms with Crippen LogP contribution in [-0.4, -0.2) is 59.6 Å². The summed E-state index contributed by atoms with van der Waals surface area (Å²) in [6.45, 7) is 14.5. The molecule has 1 saturated heterocycles. The van der Waals surface area contributed by atoms with Crippen LogP contribution in [0.3, 0.4) is 0 Å². The fourth-order valence-electron chi connectivity index (χ4n) is 5.11. The molecule has 0 saturated carbocycles. The van der Waals surface area contributed by atoms with Crippen LogP contribution in [0.15, 0.2) is 42.9 Å². The maximum absolute atomic E-state index is 10.4. The molecule has 0 amide bonds. The molecule has 1 aromatic carbocycles. The quantitative estimate of drug-likeness (QED) is 0.292. The molecule has 0 spiro atoms. The summed E-state index contributed by atoms with van der Waals surface area (Å²) in [7, 11) is 0. The van der Waals surface area contributed by atoms with Crippen LogP contribution in [-0.2, 0) is 12.1 Å². The van der Waals surface area contributed by atoms with Crippen LogP contribution < -0.4 is 15.5 Å². The molecule has 3 aromatic heterocycles. The normalized spacial score (nSPS) is 15.2. The van der Waals surface area contributed by atoms with Crippen LogP contribution in [0.4, 0.5) is 11.8 Å². The van der Waals surface area contributed by atoms with Crippen molar-refractivity contribution in [2.45, 2.75) is 84.7 Å². The van der Waals surface area contributed by atoms with E-state index < -0.39 is 5.60 Å². The average molecular weight is 532 g/mol. The summed E-state index contributed by atoms with van der Waals surface area (Å²) in [5, 5.41) is 22.2. The molecule has 5 rings (SSSR count). The number of anilines is 2. The summed E-state index contributed by atoms with van der Waals surface area (Å²) in [5.41, 5.74) is 3.23. The average Bonchev–Trinajstić information content (AvgIpc) is 3.55. The lowest BCUT2D eigenvalue weighted by Crippen LogP contribution is -2.45.